The largest absolute Gasteiger partial charge is 0.293 e. The van der Waals surface area contributed by atoms with Gasteiger partial charge in [-0.2, -0.15) is 5.10 Å². The molecule has 0 fully saturated rings. The Morgan fingerprint density at radius 2 is 1.92 bits per heavy atom. The van der Waals surface area contributed by atoms with Gasteiger partial charge in [0.25, 0.3) is 6.43 Å². The van der Waals surface area contributed by atoms with Crippen molar-refractivity contribution < 1.29 is 8.78 Å². The highest BCUT2D eigenvalue weighted by atomic mass is 35.5. The van der Waals surface area contributed by atoms with Crippen LogP contribution in [0.15, 0.2) is 53.6 Å². The molecule has 2 N–H and O–H groups in total. The molecule has 0 aliphatic heterocycles. The summed E-state index contributed by atoms with van der Waals surface area (Å²) >= 11 is 8.26. The highest BCUT2D eigenvalue weighted by molar-refractivity contribution is 8.26. The Labute approximate surface area is 162 Å². The summed E-state index contributed by atoms with van der Waals surface area (Å²) in [5.74, 6) is 0.749. The molecule has 2 heterocycles. The summed E-state index contributed by atoms with van der Waals surface area (Å²) in [4.78, 5) is 0.884. The lowest BCUT2D eigenvalue weighted by molar-refractivity contribution is 0.228. The standard InChI is InChI=1S/C17H13ClF2N4S2/c18-14-7-11(25-9-10-4-2-1-3-5-10)6-13-12(8-23-24(13)14)16(21)26-17(22)15(19)20/h1-8,15,21-22H,9H2. The van der Waals surface area contributed by atoms with Crippen molar-refractivity contribution in [2.24, 2.45) is 0 Å². The monoisotopic (exact) mass is 410 g/mol. The summed E-state index contributed by atoms with van der Waals surface area (Å²) in [5.41, 5.74) is 2.08. The molecule has 0 bridgehead atoms. The molecule has 0 atom stereocenters. The first-order valence-corrected chi connectivity index (χ1v) is 9.61. The fourth-order valence-corrected chi connectivity index (χ4v) is 4.04. The molecule has 3 aromatic rings. The molecule has 1 aromatic carbocycles. The van der Waals surface area contributed by atoms with E-state index in [-0.39, 0.29) is 5.04 Å². The number of thioether (sulfide) groups is 2. The van der Waals surface area contributed by atoms with Gasteiger partial charge in [-0.3, -0.25) is 10.8 Å². The van der Waals surface area contributed by atoms with Crippen LogP contribution in [0.25, 0.3) is 5.52 Å². The lowest BCUT2D eigenvalue weighted by Gasteiger charge is -2.07. The number of alkyl halides is 2. The molecule has 0 amide bonds. The molecule has 0 spiro atoms. The summed E-state index contributed by atoms with van der Waals surface area (Å²) in [6.45, 7) is 0. The Bertz CT molecular complexity index is 960. The number of hydrogen-bond acceptors (Lipinski definition) is 5. The van der Waals surface area contributed by atoms with E-state index in [2.05, 4.69) is 5.10 Å². The van der Waals surface area contributed by atoms with Gasteiger partial charge in [0.15, 0.2) is 0 Å². The zero-order valence-electron chi connectivity index (χ0n) is 13.2. The van der Waals surface area contributed by atoms with E-state index in [9.17, 15) is 8.78 Å². The minimum atomic E-state index is -2.90. The normalized spacial score (nSPS) is 11.2. The Balaban J connectivity index is 1.86. The summed E-state index contributed by atoms with van der Waals surface area (Å²) in [5, 5.41) is 18.7. The van der Waals surface area contributed by atoms with Crippen LogP contribution < -0.4 is 0 Å². The van der Waals surface area contributed by atoms with Crippen LogP contribution in [0.3, 0.4) is 0 Å². The first-order valence-electron chi connectivity index (χ1n) is 7.43. The molecule has 134 valence electrons. The van der Waals surface area contributed by atoms with Crippen LogP contribution in [-0.2, 0) is 5.75 Å². The van der Waals surface area contributed by atoms with Crippen LogP contribution >= 0.6 is 35.1 Å². The van der Waals surface area contributed by atoms with E-state index in [1.807, 2.05) is 36.4 Å². The SMILES string of the molecule is N=C(SC(=N)C(F)F)c1cnn2c(Cl)cc(SCc3ccccc3)cc12. The third kappa shape index (κ3) is 4.25. The summed E-state index contributed by atoms with van der Waals surface area (Å²) in [6.07, 6.45) is -1.50. The average Bonchev–Trinajstić information content (AvgIpc) is 3.05. The third-order valence-corrected chi connectivity index (χ3v) is 5.59. The molecule has 9 heteroatoms. The van der Waals surface area contributed by atoms with E-state index < -0.39 is 11.5 Å². The van der Waals surface area contributed by atoms with Crippen molar-refractivity contribution in [3.63, 3.8) is 0 Å². The number of pyridine rings is 1. The lowest BCUT2D eigenvalue weighted by Crippen LogP contribution is -2.07. The van der Waals surface area contributed by atoms with Gasteiger partial charge in [0, 0.05) is 10.6 Å². The van der Waals surface area contributed by atoms with Crippen molar-refractivity contribution in [2.45, 2.75) is 17.1 Å². The molecular weight excluding hydrogens is 398 g/mol. The number of nitrogens with zero attached hydrogens (tertiary/aromatic N) is 2. The molecule has 0 saturated heterocycles. The zero-order chi connectivity index (χ0) is 18.7. The maximum atomic E-state index is 12.5. The van der Waals surface area contributed by atoms with Gasteiger partial charge >= 0.3 is 0 Å². The second kappa shape index (κ2) is 8.20. The molecule has 4 nitrogen and oxygen atoms in total. The molecule has 26 heavy (non-hydrogen) atoms. The van der Waals surface area contributed by atoms with Gasteiger partial charge < -0.3 is 0 Å². The number of halogens is 3. The number of benzene rings is 1. The second-order valence-electron chi connectivity index (χ2n) is 5.24. The number of rotatable bonds is 5. The van der Waals surface area contributed by atoms with Crippen LogP contribution in [0.4, 0.5) is 8.78 Å². The predicted octanol–water partition coefficient (Wildman–Crippen LogP) is 5.58. The van der Waals surface area contributed by atoms with E-state index >= 15 is 0 Å². The van der Waals surface area contributed by atoms with Crippen molar-refractivity contribution in [3.05, 3.63) is 64.9 Å². The van der Waals surface area contributed by atoms with Crippen LogP contribution in [0.5, 0.6) is 0 Å². The second-order valence-corrected chi connectivity index (χ2v) is 7.73. The van der Waals surface area contributed by atoms with Gasteiger partial charge in [-0.1, -0.05) is 41.9 Å². The number of nitrogens with one attached hydrogen (secondary N) is 2. The van der Waals surface area contributed by atoms with E-state index in [1.54, 1.807) is 17.8 Å². The molecule has 0 radical (unpaired) electrons. The van der Waals surface area contributed by atoms with Gasteiger partial charge in [0.05, 0.1) is 17.3 Å². The molecule has 0 unspecified atom stereocenters. The molecule has 0 aliphatic carbocycles. The summed E-state index contributed by atoms with van der Waals surface area (Å²) in [6, 6.07) is 13.5. The average molecular weight is 411 g/mol. The van der Waals surface area contributed by atoms with Crippen molar-refractivity contribution in [1.29, 1.82) is 10.8 Å². The van der Waals surface area contributed by atoms with E-state index in [4.69, 9.17) is 22.4 Å². The van der Waals surface area contributed by atoms with E-state index in [0.717, 1.165) is 16.2 Å². The molecular formula is C17H13ClF2N4S2. The van der Waals surface area contributed by atoms with Gasteiger partial charge in [-0.15, -0.1) is 11.8 Å². The highest BCUT2D eigenvalue weighted by Crippen LogP contribution is 2.30. The molecule has 0 saturated carbocycles. The van der Waals surface area contributed by atoms with Gasteiger partial charge in [0.1, 0.15) is 15.2 Å². The summed E-state index contributed by atoms with van der Waals surface area (Å²) < 4.78 is 26.5. The Kier molecular flexibility index (Phi) is 5.95. The smallest absolute Gasteiger partial charge is 0.285 e. The third-order valence-electron chi connectivity index (χ3n) is 3.45. The number of fused-ring (bicyclic) bond motifs is 1. The van der Waals surface area contributed by atoms with Crippen molar-refractivity contribution in [3.8, 4) is 0 Å². The molecule has 3 rings (SSSR count). The van der Waals surface area contributed by atoms with Crippen molar-refractivity contribution in [2.75, 3.05) is 0 Å². The maximum absolute atomic E-state index is 12.5. The van der Waals surface area contributed by atoms with Crippen molar-refractivity contribution >= 4 is 50.7 Å². The van der Waals surface area contributed by atoms with Gasteiger partial charge in [0.2, 0.25) is 0 Å². The zero-order valence-corrected chi connectivity index (χ0v) is 15.6. The number of hydrogen-bond donors (Lipinski definition) is 2. The molecule has 2 aromatic heterocycles. The number of aromatic nitrogens is 2. The van der Waals surface area contributed by atoms with E-state index in [0.29, 0.717) is 28.0 Å². The highest BCUT2D eigenvalue weighted by Gasteiger charge is 2.19. The predicted molar refractivity (Wildman–Crippen MR) is 104 cm³/mol. The van der Waals surface area contributed by atoms with Crippen molar-refractivity contribution in [1.82, 2.24) is 9.61 Å². The fraction of sp³-hybridized carbons (Fsp3) is 0.118. The minimum Gasteiger partial charge on any atom is -0.293 e. The minimum absolute atomic E-state index is 0.161. The Morgan fingerprint density at radius 1 is 1.19 bits per heavy atom. The van der Waals surface area contributed by atoms with Gasteiger partial charge in [-0.05, 0) is 29.5 Å². The maximum Gasteiger partial charge on any atom is 0.285 e. The van der Waals surface area contributed by atoms with Crippen LogP contribution in [-0.4, -0.2) is 26.1 Å². The Morgan fingerprint density at radius 3 is 2.62 bits per heavy atom. The quantitative estimate of drug-likeness (QED) is 0.250. The molecule has 0 aliphatic rings. The first-order chi connectivity index (χ1) is 12.5. The topological polar surface area (TPSA) is 65.0 Å². The first kappa shape index (κ1) is 18.9. The fourth-order valence-electron chi connectivity index (χ4n) is 2.23. The lowest BCUT2D eigenvalue weighted by atomic mass is 10.2. The van der Waals surface area contributed by atoms with Crippen LogP contribution in [0.2, 0.25) is 5.15 Å². The van der Waals surface area contributed by atoms with Gasteiger partial charge in [-0.25, -0.2) is 13.3 Å². The Hall–Kier alpha value is -1.90. The van der Waals surface area contributed by atoms with Crippen LogP contribution in [0.1, 0.15) is 11.1 Å². The van der Waals surface area contributed by atoms with Crippen LogP contribution in [0, 0.1) is 10.8 Å². The van der Waals surface area contributed by atoms with E-state index in [1.165, 1.54) is 10.7 Å². The summed E-state index contributed by atoms with van der Waals surface area (Å²) in [7, 11) is 0.